The standard InChI is InChI=1S/C7H6INO/c1-5(10)6-3-2-4-9-7(6)8/h2-4H,1H3. The second-order valence-corrected chi connectivity index (χ2v) is 2.92. The normalized spacial score (nSPS) is 9.40. The van der Waals surface area contributed by atoms with Gasteiger partial charge in [-0.3, -0.25) is 4.79 Å². The highest BCUT2D eigenvalue weighted by atomic mass is 127. The van der Waals surface area contributed by atoms with E-state index in [1.165, 1.54) is 0 Å². The third-order valence-corrected chi connectivity index (χ3v) is 2.00. The third-order valence-electron chi connectivity index (χ3n) is 1.14. The molecule has 0 bridgehead atoms. The molecule has 0 aliphatic heterocycles. The van der Waals surface area contributed by atoms with Crippen molar-refractivity contribution in [3.8, 4) is 0 Å². The summed E-state index contributed by atoms with van der Waals surface area (Å²) in [4.78, 5) is 14.8. The van der Waals surface area contributed by atoms with Crippen LogP contribution in [-0.2, 0) is 0 Å². The summed E-state index contributed by atoms with van der Waals surface area (Å²) in [5, 5.41) is 0. The molecule has 0 radical (unpaired) electrons. The first-order chi connectivity index (χ1) is 4.72. The zero-order chi connectivity index (χ0) is 7.56. The fraction of sp³-hybridized carbons (Fsp3) is 0.143. The van der Waals surface area contributed by atoms with Crippen LogP contribution in [0, 0.1) is 3.70 Å². The van der Waals surface area contributed by atoms with E-state index in [-0.39, 0.29) is 5.78 Å². The van der Waals surface area contributed by atoms with Crippen LogP contribution in [-0.4, -0.2) is 10.8 Å². The van der Waals surface area contributed by atoms with Crippen LogP contribution in [0.3, 0.4) is 0 Å². The summed E-state index contributed by atoms with van der Waals surface area (Å²) in [6.45, 7) is 1.54. The average Bonchev–Trinajstić information content (AvgIpc) is 1.88. The van der Waals surface area contributed by atoms with Gasteiger partial charge in [0.25, 0.3) is 0 Å². The lowest BCUT2D eigenvalue weighted by molar-refractivity contribution is 0.101. The molecule has 3 heteroatoms. The number of halogens is 1. The first kappa shape index (κ1) is 7.65. The molecule has 0 unspecified atom stereocenters. The minimum Gasteiger partial charge on any atom is -0.294 e. The van der Waals surface area contributed by atoms with Gasteiger partial charge in [-0.15, -0.1) is 0 Å². The van der Waals surface area contributed by atoms with Crippen LogP contribution in [0.2, 0.25) is 0 Å². The lowest BCUT2D eigenvalue weighted by Gasteiger charge is -1.95. The average molecular weight is 247 g/mol. The van der Waals surface area contributed by atoms with E-state index in [1.54, 1.807) is 25.3 Å². The van der Waals surface area contributed by atoms with Gasteiger partial charge in [-0.25, -0.2) is 4.98 Å². The number of rotatable bonds is 1. The van der Waals surface area contributed by atoms with E-state index in [2.05, 4.69) is 4.98 Å². The van der Waals surface area contributed by atoms with E-state index >= 15 is 0 Å². The van der Waals surface area contributed by atoms with Gasteiger partial charge in [-0.1, -0.05) is 0 Å². The Hall–Kier alpha value is -0.450. The first-order valence-corrected chi connectivity index (χ1v) is 3.91. The quantitative estimate of drug-likeness (QED) is 0.431. The molecule has 0 saturated carbocycles. The Morgan fingerprint density at radius 1 is 1.70 bits per heavy atom. The van der Waals surface area contributed by atoms with Crippen molar-refractivity contribution in [2.24, 2.45) is 0 Å². The maximum absolute atomic E-state index is 10.8. The summed E-state index contributed by atoms with van der Waals surface area (Å²) in [7, 11) is 0. The third kappa shape index (κ3) is 1.53. The Bertz CT molecular complexity index is 260. The van der Waals surface area contributed by atoms with Crippen LogP contribution >= 0.6 is 22.6 Å². The Kier molecular flexibility index (Phi) is 2.37. The van der Waals surface area contributed by atoms with Crippen molar-refractivity contribution in [2.75, 3.05) is 0 Å². The smallest absolute Gasteiger partial charge is 0.162 e. The number of hydrogen-bond donors (Lipinski definition) is 0. The molecule has 0 aliphatic rings. The van der Waals surface area contributed by atoms with E-state index < -0.39 is 0 Å². The molecule has 0 amide bonds. The summed E-state index contributed by atoms with van der Waals surface area (Å²) in [6, 6.07) is 3.54. The molecule has 0 spiro atoms. The molecule has 0 fully saturated rings. The van der Waals surface area contributed by atoms with E-state index in [0.29, 0.717) is 5.56 Å². The van der Waals surface area contributed by atoms with Crippen molar-refractivity contribution in [2.45, 2.75) is 6.92 Å². The Balaban J connectivity index is 3.15. The molecule has 1 heterocycles. The van der Waals surface area contributed by atoms with Gasteiger partial charge in [0.05, 0.1) is 0 Å². The molecular weight excluding hydrogens is 241 g/mol. The molecule has 0 saturated heterocycles. The van der Waals surface area contributed by atoms with Gasteiger partial charge >= 0.3 is 0 Å². The molecule has 1 aromatic heterocycles. The minimum atomic E-state index is 0.0671. The van der Waals surface area contributed by atoms with Crippen LogP contribution in [0.1, 0.15) is 17.3 Å². The largest absolute Gasteiger partial charge is 0.294 e. The molecule has 52 valence electrons. The van der Waals surface area contributed by atoms with Gasteiger partial charge < -0.3 is 0 Å². The first-order valence-electron chi connectivity index (χ1n) is 2.83. The van der Waals surface area contributed by atoms with Crippen LogP contribution < -0.4 is 0 Å². The highest BCUT2D eigenvalue weighted by molar-refractivity contribution is 14.1. The van der Waals surface area contributed by atoms with Gasteiger partial charge in [-0.2, -0.15) is 0 Å². The van der Waals surface area contributed by atoms with Crippen molar-refractivity contribution in [3.05, 3.63) is 27.6 Å². The number of hydrogen-bond acceptors (Lipinski definition) is 2. The summed E-state index contributed by atoms with van der Waals surface area (Å²) >= 11 is 2.04. The lowest BCUT2D eigenvalue weighted by Crippen LogP contribution is -1.96. The van der Waals surface area contributed by atoms with Gasteiger partial charge in [0, 0.05) is 11.8 Å². The topological polar surface area (TPSA) is 30.0 Å². The van der Waals surface area contributed by atoms with Gasteiger partial charge in [0.15, 0.2) is 5.78 Å². The predicted octanol–water partition coefficient (Wildman–Crippen LogP) is 1.89. The van der Waals surface area contributed by atoms with Crippen molar-refractivity contribution < 1.29 is 4.79 Å². The molecule has 0 N–H and O–H groups in total. The highest BCUT2D eigenvalue weighted by Crippen LogP contribution is 2.07. The molecule has 0 aliphatic carbocycles. The molecule has 1 rings (SSSR count). The number of carbonyl (C=O) groups is 1. The van der Waals surface area contributed by atoms with Gasteiger partial charge in [-0.05, 0) is 41.6 Å². The molecule has 10 heavy (non-hydrogen) atoms. The number of carbonyl (C=O) groups excluding carboxylic acids is 1. The van der Waals surface area contributed by atoms with Crippen molar-refractivity contribution in [1.82, 2.24) is 4.98 Å². The molecule has 1 aromatic rings. The second-order valence-electron chi connectivity index (χ2n) is 1.90. The summed E-state index contributed by atoms with van der Waals surface area (Å²) in [5.41, 5.74) is 0.697. The Morgan fingerprint density at radius 3 is 2.80 bits per heavy atom. The Labute approximate surface area is 72.8 Å². The lowest BCUT2D eigenvalue weighted by atomic mass is 10.2. The molecule has 0 aromatic carbocycles. The Morgan fingerprint density at radius 2 is 2.40 bits per heavy atom. The van der Waals surface area contributed by atoms with E-state index in [9.17, 15) is 4.79 Å². The van der Waals surface area contributed by atoms with Gasteiger partial charge in [0.2, 0.25) is 0 Å². The van der Waals surface area contributed by atoms with Crippen LogP contribution in [0.5, 0.6) is 0 Å². The molecule has 0 atom stereocenters. The number of Topliss-reactive ketones (excluding diaryl/α,β-unsaturated/α-hetero) is 1. The zero-order valence-corrected chi connectivity index (χ0v) is 7.62. The molecule has 2 nitrogen and oxygen atoms in total. The monoisotopic (exact) mass is 247 g/mol. The van der Waals surface area contributed by atoms with Crippen LogP contribution in [0.15, 0.2) is 18.3 Å². The van der Waals surface area contributed by atoms with Crippen LogP contribution in [0.25, 0.3) is 0 Å². The summed E-state index contributed by atoms with van der Waals surface area (Å²) in [6.07, 6.45) is 1.67. The zero-order valence-electron chi connectivity index (χ0n) is 5.47. The SMILES string of the molecule is CC(=O)c1cccnc1I. The van der Waals surface area contributed by atoms with E-state index in [0.717, 1.165) is 3.70 Å². The number of aromatic nitrogens is 1. The fourth-order valence-corrected chi connectivity index (χ4v) is 1.37. The summed E-state index contributed by atoms with van der Waals surface area (Å²) < 4.78 is 0.771. The van der Waals surface area contributed by atoms with Crippen molar-refractivity contribution in [3.63, 3.8) is 0 Å². The van der Waals surface area contributed by atoms with Crippen molar-refractivity contribution in [1.29, 1.82) is 0 Å². The maximum Gasteiger partial charge on any atom is 0.162 e. The van der Waals surface area contributed by atoms with Crippen molar-refractivity contribution >= 4 is 28.4 Å². The minimum absolute atomic E-state index is 0.0671. The fourth-order valence-electron chi connectivity index (χ4n) is 0.649. The maximum atomic E-state index is 10.8. The highest BCUT2D eigenvalue weighted by Gasteiger charge is 2.02. The second kappa shape index (κ2) is 3.09. The number of ketones is 1. The number of pyridine rings is 1. The van der Waals surface area contributed by atoms with Crippen LogP contribution in [0.4, 0.5) is 0 Å². The van der Waals surface area contributed by atoms with E-state index in [1.807, 2.05) is 22.6 Å². The summed E-state index contributed by atoms with van der Waals surface area (Å²) in [5.74, 6) is 0.0671. The van der Waals surface area contributed by atoms with E-state index in [4.69, 9.17) is 0 Å². The molecular formula is C7H6INO. The number of nitrogens with zero attached hydrogens (tertiary/aromatic N) is 1. The predicted molar refractivity (Wildman–Crippen MR) is 47.0 cm³/mol. The van der Waals surface area contributed by atoms with Gasteiger partial charge in [0.1, 0.15) is 3.70 Å².